The lowest BCUT2D eigenvalue weighted by Gasteiger charge is -2.17. The Kier molecular flexibility index (Phi) is 3.96. The van der Waals surface area contributed by atoms with Gasteiger partial charge in [-0.05, 0) is 59.4 Å². The van der Waals surface area contributed by atoms with Crippen molar-refractivity contribution in [1.82, 2.24) is 0 Å². The number of rotatable bonds is 2. The molecular weight excluding hydrogens is 377 g/mol. The van der Waals surface area contributed by atoms with Gasteiger partial charge in [-0.3, -0.25) is 4.79 Å². The molecule has 1 aliphatic rings. The van der Waals surface area contributed by atoms with Crippen molar-refractivity contribution in [3.8, 4) is 5.75 Å². The van der Waals surface area contributed by atoms with Gasteiger partial charge in [0, 0.05) is 14.8 Å². The second-order valence-electron chi connectivity index (χ2n) is 4.91. The summed E-state index contributed by atoms with van der Waals surface area (Å²) < 4.78 is 6.74. The molecule has 0 spiro atoms. The van der Waals surface area contributed by atoms with E-state index < -0.39 is 0 Å². The molecule has 0 radical (unpaired) electrons. The molecule has 2 aromatic rings. The monoisotopic (exact) mass is 391 g/mol. The summed E-state index contributed by atoms with van der Waals surface area (Å²) in [7, 11) is 0. The van der Waals surface area contributed by atoms with E-state index in [-0.39, 0.29) is 5.91 Å². The average Bonchev–Trinajstić information content (AvgIpc) is 2.50. The summed E-state index contributed by atoms with van der Waals surface area (Å²) in [6.07, 6.45) is 1.88. The Balaban J connectivity index is 1.80. The molecule has 0 saturated heterocycles. The molecule has 3 rings (SSSR count). The van der Waals surface area contributed by atoms with E-state index in [1.165, 1.54) is 5.56 Å². The van der Waals surface area contributed by atoms with Gasteiger partial charge in [0.1, 0.15) is 12.4 Å². The number of anilines is 1. The van der Waals surface area contributed by atoms with Gasteiger partial charge >= 0.3 is 0 Å². The standard InChI is InChI=1S/C17H14INO2/c1-11-6-7-14(9-15(11)18)19-17(20)13-8-12-4-2-3-5-16(12)21-10-13/h2-9H,10H2,1H3,(H,19,20). The fraction of sp³-hybridized carbons (Fsp3) is 0.118. The van der Waals surface area contributed by atoms with E-state index in [0.29, 0.717) is 12.2 Å². The Morgan fingerprint density at radius 2 is 2.05 bits per heavy atom. The van der Waals surface area contributed by atoms with Gasteiger partial charge in [0.05, 0.1) is 5.57 Å². The molecule has 1 aliphatic heterocycles. The van der Waals surface area contributed by atoms with Gasteiger partial charge in [-0.15, -0.1) is 0 Å². The minimum absolute atomic E-state index is 0.121. The van der Waals surface area contributed by atoms with Crippen LogP contribution in [-0.2, 0) is 4.79 Å². The molecule has 1 heterocycles. The Labute approximate surface area is 137 Å². The van der Waals surface area contributed by atoms with Crippen LogP contribution in [0, 0.1) is 10.5 Å². The summed E-state index contributed by atoms with van der Waals surface area (Å²) in [6.45, 7) is 2.34. The third-order valence-corrected chi connectivity index (χ3v) is 4.52. The molecule has 106 valence electrons. The van der Waals surface area contributed by atoms with Crippen LogP contribution in [0.25, 0.3) is 6.08 Å². The maximum Gasteiger partial charge on any atom is 0.255 e. The molecule has 0 aliphatic carbocycles. The van der Waals surface area contributed by atoms with Crippen LogP contribution in [0.15, 0.2) is 48.0 Å². The Hall–Kier alpha value is -1.82. The summed E-state index contributed by atoms with van der Waals surface area (Å²) in [5, 5.41) is 2.92. The van der Waals surface area contributed by atoms with Gasteiger partial charge in [0.15, 0.2) is 0 Å². The highest BCUT2D eigenvalue weighted by Crippen LogP contribution is 2.26. The molecule has 4 heteroatoms. The van der Waals surface area contributed by atoms with E-state index in [1.807, 2.05) is 55.5 Å². The number of aryl methyl sites for hydroxylation is 1. The lowest BCUT2D eigenvalue weighted by molar-refractivity contribution is -0.113. The number of carbonyl (C=O) groups is 1. The fourth-order valence-electron chi connectivity index (χ4n) is 2.13. The predicted octanol–water partition coefficient (Wildman–Crippen LogP) is 4.01. The van der Waals surface area contributed by atoms with Crippen LogP contribution in [0.3, 0.4) is 0 Å². The number of amides is 1. The number of ether oxygens (including phenoxy) is 1. The van der Waals surface area contributed by atoms with Crippen molar-refractivity contribution in [2.75, 3.05) is 11.9 Å². The van der Waals surface area contributed by atoms with Crippen LogP contribution in [0.5, 0.6) is 5.75 Å². The highest BCUT2D eigenvalue weighted by Gasteiger charge is 2.17. The fourth-order valence-corrected chi connectivity index (χ4v) is 2.64. The van der Waals surface area contributed by atoms with E-state index in [1.54, 1.807) is 0 Å². The third-order valence-electron chi connectivity index (χ3n) is 3.35. The minimum Gasteiger partial charge on any atom is -0.488 e. The summed E-state index contributed by atoms with van der Waals surface area (Å²) in [6, 6.07) is 13.6. The lowest BCUT2D eigenvalue weighted by Crippen LogP contribution is -2.21. The summed E-state index contributed by atoms with van der Waals surface area (Å²) in [5.41, 5.74) is 3.56. The van der Waals surface area contributed by atoms with Crippen molar-refractivity contribution < 1.29 is 9.53 Å². The van der Waals surface area contributed by atoms with Crippen molar-refractivity contribution in [3.63, 3.8) is 0 Å². The molecule has 0 saturated carbocycles. The summed E-state index contributed by atoms with van der Waals surface area (Å²) >= 11 is 2.26. The van der Waals surface area contributed by atoms with E-state index in [4.69, 9.17) is 4.74 Å². The van der Waals surface area contributed by atoms with E-state index in [9.17, 15) is 4.79 Å². The Bertz CT molecular complexity index is 737. The second kappa shape index (κ2) is 5.89. The minimum atomic E-state index is -0.121. The normalized spacial score (nSPS) is 13.0. The van der Waals surface area contributed by atoms with Crippen LogP contribution in [-0.4, -0.2) is 12.5 Å². The van der Waals surface area contributed by atoms with Crippen molar-refractivity contribution in [3.05, 3.63) is 62.7 Å². The average molecular weight is 391 g/mol. The van der Waals surface area contributed by atoms with E-state index in [0.717, 1.165) is 20.6 Å². The van der Waals surface area contributed by atoms with Crippen LogP contribution in [0.4, 0.5) is 5.69 Å². The largest absolute Gasteiger partial charge is 0.488 e. The van der Waals surface area contributed by atoms with Gasteiger partial charge in [0.25, 0.3) is 5.91 Å². The number of halogens is 1. The van der Waals surface area contributed by atoms with Crippen molar-refractivity contribution in [2.24, 2.45) is 0 Å². The van der Waals surface area contributed by atoms with Crippen LogP contribution >= 0.6 is 22.6 Å². The maximum absolute atomic E-state index is 12.3. The number of para-hydroxylation sites is 1. The SMILES string of the molecule is Cc1ccc(NC(=O)C2=Cc3ccccc3OC2)cc1I. The first-order valence-corrected chi connectivity index (χ1v) is 7.71. The zero-order valence-electron chi connectivity index (χ0n) is 11.5. The first-order chi connectivity index (χ1) is 10.1. The number of hydrogen-bond donors (Lipinski definition) is 1. The topological polar surface area (TPSA) is 38.3 Å². The molecular formula is C17H14INO2. The molecule has 0 unspecified atom stereocenters. The molecule has 1 amide bonds. The molecule has 1 N–H and O–H groups in total. The summed E-state index contributed by atoms with van der Waals surface area (Å²) in [4.78, 5) is 12.3. The molecule has 0 atom stereocenters. The third kappa shape index (κ3) is 3.10. The molecule has 0 fully saturated rings. The Morgan fingerprint density at radius 3 is 2.86 bits per heavy atom. The van der Waals surface area contributed by atoms with Crippen LogP contribution in [0.2, 0.25) is 0 Å². The first-order valence-electron chi connectivity index (χ1n) is 6.63. The smallest absolute Gasteiger partial charge is 0.255 e. The molecule has 2 aromatic carbocycles. The quantitative estimate of drug-likeness (QED) is 0.786. The molecule has 0 bridgehead atoms. The van der Waals surface area contributed by atoms with Crippen molar-refractivity contribution >= 4 is 40.3 Å². The van der Waals surface area contributed by atoms with Gasteiger partial charge in [-0.1, -0.05) is 24.3 Å². The second-order valence-corrected chi connectivity index (χ2v) is 6.08. The number of benzene rings is 2. The van der Waals surface area contributed by atoms with Crippen LogP contribution in [0.1, 0.15) is 11.1 Å². The zero-order chi connectivity index (χ0) is 14.8. The lowest BCUT2D eigenvalue weighted by atomic mass is 10.1. The van der Waals surface area contributed by atoms with Gasteiger partial charge in [0.2, 0.25) is 0 Å². The van der Waals surface area contributed by atoms with Crippen molar-refractivity contribution in [2.45, 2.75) is 6.92 Å². The first kappa shape index (κ1) is 14.1. The maximum atomic E-state index is 12.3. The van der Waals surface area contributed by atoms with E-state index >= 15 is 0 Å². The molecule has 0 aromatic heterocycles. The van der Waals surface area contributed by atoms with Gasteiger partial charge < -0.3 is 10.1 Å². The number of carbonyl (C=O) groups excluding carboxylic acids is 1. The van der Waals surface area contributed by atoms with Crippen molar-refractivity contribution in [1.29, 1.82) is 0 Å². The van der Waals surface area contributed by atoms with Gasteiger partial charge in [-0.25, -0.2) is 0 Å². The van der Waals surface area contributed by atoms with Crippen LogP contribution < -0.4 is 10.1 Å². The van der Waals surface area contributed by atoms with Gasteiger partial charge in [-0.2, -0.15) is 0 Å². The molecule has 21 heavy (non-hydrogen) atoms. The number of hydrogen-bond acceptors (Lipinski definition) is 2. The predicted molar refractivity (Wildman–Crippen MR) is 92.4 cm³/mol. The number of nitrogens with one attached hydrogen (secondary N) is 1. The molecule has 3 nitrogen and oxygen atoms in total. The van der Waals surface area contributed by atoms with E-state index in [2.05, 4.69) is 27.9 Å². The number of fused-ring (bicyclic) bond motifs is 1. The summed E-state index contributed by atoms with van der Waals surface area (Å²) in [5.74, 6) is 0.697. The highest BCUT2D eigenvalue weighted by atomic mass is 127. The Morgan fingerprint density at radius 1 is 1.24 bits per heavy atom. The zero-order valence-corrected chi connectivity index (χ0v) is 13.7. The highest BCUT2D eigenvalue weighted by molar-refractivity contribution is 14.1.